The third-order valence-corrected chi connectivity index (χ3v) is 6.64. The Morgan fingerprint density at radius 1 is 0.974 bits per heavy atom. The minimum absolute atomic E-state index is 0.141. The third-order valence-electron chi connectivity index (χ3n) is 6.03. The maximum absolute atomic E-state index is 14.6. The van der Waals surface area contributed by atoms with E-state index < -0.39 is 21.7 Å². The first kappa shape index (κ1) is 25.6. The van der Waals surface area contributed by atoms with E-state index in [9.17, 15) is 17.2 Å². The van der Waals surface area contributed by atoms with Gasteiger partial charge in [-0.1, -0.05) is 6.07 Å². The van der Waals surface area contributed by atoms with Gasteiger partial charge in [0.1, 0.15) is 18.0 Å². The Balaban J connectivity index is 1.55. The molecular formula is C27H26F2N6O2S. The molecule has 0 radical (unpaired) electrons. The molecule has 38 heavy (non-hydrogen) atoms. The number of hydrogen-bond donors (Lipinski definition) is 1. The minimum atomic E-state index is -3.60. The van der Waals surface area contributed by atoms with Gasteiger partial charge in [0.15, 0.2) is 0 Å². The molecule has 5 aromatic rings. The molecule has 0 aliphatic carbocycles. The number of nitrogens with zero attached hydrogens (tertiary/aromatic N) is 5. The molecule has 0 bridgehead atoms. The van der Waals surface area contributed by atoms with Crippen LogP contribution in [-0.4, -0.2) is 59.5 Å². The van der Waals surface area contributed by atoms with E-state index in [2.05, 4.69) is 19.7 Å². The highest BCUT2D eigenvalue weighted by atomic mass is 32.2. The summed E-state index contributed by atoms with van der Waals surface area (Å²) in [5.74, 6) is -1.45. The van der Waals surface area contributed by atoms with Gasteiger partial charge in [-0.05, 0) is 67.7 Å². The summed E-state index contributed by atoms with van der Waals surface area (Å²) in [7, 11) is 0.426. The standard InChI is InChI=1S/C27H26F2N6O2S/c1-33(2)8-9-34-16-20(15-31-34)18-4-7-27-26(12-18)30-17-35(27)23-11-19(10-22(14-23)32-38(3,36)37)24-6-5-21(28)13-25(24)29/h4-7,10-17,32H,8-9H2,1-3H3. The van der Waals surface area contributed by atoms with Crippen molar-refractivity contribution in [2.45, 2.75) is 6.54 Å². The Morgan fingerprint density at radius 3 is 2.53 bits per heavy atom. The van der Waals surface area contributed by atoms with Gasteiger partial charge in [0, 0.05) is 35.6 Å². The van der Waals surface area contributed by atoms with Crippen LogP contribution in [0.25, 0.3) is 39.0 Å². The van der Waals surface area contributed by atoms with E-state index in [-0.39, 0.29) is 11.3 Å². The molecule has 11 heteroatoms. The first-order valence-corrected chi connectivity index (χ1v) is 13.7. The van der Waals surface area contributed by atoms with Gasteiger partial charge in [-0.15, -0.1) is 0 Å². The molecular weight excluding hydrogens is 510 g/mol. The van der Waals surface area contributed by atoms with E-state index in [1.807, 2.05) is 49.4 Å². The van der Waals surface area contributed by atoms with Gasteiger partial charge < -0.3 is 4.90 Å². The Kier molecular flexibility index (Phi) is 6.72. The normalized spacial score (nSPS) is 11.9. The highest BCUT2D eigenvalue weighted by Gasteiger charge is 2.14. The van der Waals surface area contributed by atoms with E-state index in [1.165, 1.54) is 12.1 Å². The predicted octanol–water partition coefficient (Wildman–Crippen LogP) is 4.77. The summed E-state index contributed by atoms with van der Waals surface area (Å²) in [6, 6.07) is 14.0. The fourth-order valence-corrected chi connectivity index (χ4v) is 4.78. The van der Waals surface area contributed by atoms with Crippen LogP contribution in [0, 0.1) is 11.6 Å². The molecule has 2 aromatic heterocycles. The summed E-state index contributed by atoms with van der Waals surface area (Å²) in [6.45, 7) is 1.65. The molecule has 2 heterocycles. The van der Waals surface area contributed by atoms with E-state index in [1.54, 1.807) is 23.0 Å². The second-order valence-electron chi connectivity index (χ2n) is 9.38. The number of hydrogen-bond acceptors (Lipinski definition) is 5. The van der Waals surface area contributed by atoms with Crippen LogP contribution < -0.4 is 4.72 Å². The van der Waals surface area contributed by atoms with Gasteiger partial charge in [0.2, 0.25) is 10.0 Å². The number of benzene rings is 3. The molecule has 8 nitrogen and oxygen atoms in total. The first-order chi connectivity index (χ1) is 18.1. The molecule has 5 rings (SSSR count). The summed E-state index contributed by atoms with van der Waals surface area (Å²) in [6.07, 6.45) is 6.47. The van der Waals surface area contributed by atoms with Crippen LogP contribution in [0.1, 0.15) is 0 Å². The Labute approximate surface area is 219 Å². The van der Waals surface area contributed by atoms with Gasteiger partial charge in [0.25, 0.3) is 0 Å². The predicted molar refractivity (Wildman–Crippen MR) is 145 cm³/mol. The van der Waals surface area contributed by atoms with Crippen LogP contribution in [0.3, 0.4) is 0 Å². The third kappa shape index (κ3) is 5.58. The number of nitrogens with one attached hydrogen (secondary N) is 1. The molecule has 0 aliphatic heterocycles. The van der Waals surface area contributed by atoms with Crippen LogP contribution in [0.5, 0.6) is 0 Å². The molecule has 196 valence electrons. The number of anilines is 1. The maximum atomic E-state index is 14.6. The Bertz CT molecular complexity index is 1740. The fourth-order valence-electron chi connectivity index (χ4n) is 4.24. The Morgan fingerprint density at radius 2 is 1.79 bits per heavy atom. The highest BCUT2D eigenvalue weighted by Crippen LogP contribution is 2.32. The number of sulfonamides is 1. The second-order valence-corrected chi connectivity index (χ2v) is 11.1. The molecule has 0 saturated heterocycles. The van der Waals surface area contributed by atoms with Crippen LogP contribution in [-0.2, 0) is 16.6 Å². The van der Waals surface area contributed by atoms with Crippen molar-refractivity contribution in [2.24, 2.45) is 0 Å². The SMILES string of the molecule is CN(C)CCn1cc(-c2ccc3c(c2)ncn3-c2cc(NS(C)(=O)=O)cc(-c3ccc(F)cc3F)c2)cn1. The summed E-state index contributed by atoms with van der Waals surface area (Å²) >= 11 is 0. The average molecular weight is 537 g/mol. The van der Waals surface area contributed by atoms with Crippen LogP contribution in [0.4, 0.5) is 14.5 Å². The lowest BCUT2D eigenvalue weighted by atomic mass is 10.0. The van der Waals surface area contributed by atoms with Crippen molar-refractivity contribution in [3.8, 4) is 27.9 Å². The Hall–Kier alpha value is -4.09. The van der Waals surface area contributed by atoms with E-state index in [4.69, 9.17) is 0 Å². The molecule has 1 N–H and O–H groups in total. The second kappa shape index (κ2) is 9.99. The number of rotatable bonds is 8. The van der Waals surface area contributed by atoms with E-state index in [0.717, 1.165) is 53.6 Å². The number of fused-ring (bicyclic) bond motifs is 1. The number of likely N-dealkylation sites (N-methyl/N-ethyl adjacent to an activating group) is 1. The molecule has 0 saturated carbocycles. The fraction of sp³-hybridized carbons (Fsp3) is 0.185. The number of aromatic nitrogens is 4. The zero-order valence-electron chi connectivity index (χ0n) is 21.1. The summed E-state index contributed by atoms with van der Waals surface area (Å²) in [5.41, 5.74) is 4.75. The van der Waals surface area contributed by atoms with Gasteiger partial charge in [-0.25, -0.2) is 22.2 Å². The van der Waals surface area contributed by atoms with Crippen molar-refractivity contribution < 1.29 is 17.2 Å². The monoisotopic (exact) mass is 536 g/mol. The summed E-state index contributed by atoms with van der Waals surface area (Å²) < 4.78 is 58.2. The van der Waals surface area contributed by atoms with Gasteiger partial charge in [0.05, 0.1) is 35.7 Å². The van der Waals surface area contributed by atoms with Crippen molar-refractivity contribution in [2.75, 3.05) is 31.6 Å². The summed E-state index contributed by atoms with van der Waals surface area (Å²) in [4.78, 5) is 6.64. The van der Waals surface area contributed by atoms with Crippen molar-refractivity contribution in [1.82, 2.24) is 24.2 Å². The van der Waals surface area contributed by atoms with Gasteiger partial charge >= 0.3 is 0 Å². The molecule has 0 spiro atoms. The number of halogens is 2. The van der Waals surface area contributed by atoms with Crippen molar-refractivity contribution >= 4 is 26.7 Å². The zero-order chi connectivity index (χ0) is 27.0. The molecule has 0 amide bonds. The molecule has 0 unspecified atom stereocenters. The highest BCUT2D eigenvalue weighted by molar-refractivity contribution is 7.92. The van der Waals surface area contributed by atoms with Crippen molar-refractivity contribution in [3.05, 3.63) is 85.0 Å². The molecule has 0 aliphatic rings. The number of imidazole rings is 1. The smallest absolute Gasteiger partial charge is 0.229 e. The lowest BCUT2D eigenvalue weighted by Gasteiger charge is -2.13. The molecule has 0 atom stereocenters. The van der Waals surface area contributed by atoms with Crippen LogP contribution >= 0.6 is 0 Å². The lowest BCUT2D eigenvalue weighted by molar-refractivity contribution is 0.373. The lowest BCUT2D eigenvalue weighted by Crippen LogP contribution is -2.18. The maximum Gasteiger partial charge on any atom is 0.229 e. The van der Waals surface area contributed by atoms with Crippen molar-refractivity contribution in [3.63, 3.8) is 0 Å². The topological polar surface area (TPSA) is 85.0 Å². The van der Waals surface area contributed by atoms with Gasteiger partial charge in [-0.3, -0.25) is 14.0 Å². The quantitative estimate of drug-likeness (QED) is 0.309. The molecule has 0 fully saturated rings. The largest absolute Gasteiger partial charge is 0.308 e. The van der Waals surface area contributed by atoms with Crippen molar-refractivity contribution in [1.29, 1.82) is 0 Å². The van der Waals surface area contributed by atoms with Crippen LogP contribution in [0.15, 0.2) is 73.3 Å². The van der Waals surface area contributed by atoms with Crippen LogP contribution in [0.2, 0.25) is 0 Å². The first-order valence-electron chi connectivity index (χ1n) is 11.8. The summed E-state index contributed by atoms with van der Waals surface area (Å²) in [5, 5.41) is 4.44. The average Bonchev–Trinajstić information content (AvgIpc) is 3.48. The minimum Gasteiger partial charge on any atom is -0.308 e. The zero-order valence-corrected chi connectivity index (χ0v) is 21.9. The van der Waals surface area contributed by atoms with E-state index >= 15 is 0 Å². The van der Waals surface area contributed by atoms with E-state index in [0.29, 0.717) is 11.3 Å². The van der Waals surface area contributed by atoms with Gasteiger partial charge in [-0.2, -0.15) is 5.10 Å². The molecule has 3 aromatic carbocycles.